The van der Waals surface area contributed by atoms with Crippen molar-refractivity contribution in [1.82, 2.24) is 0 Å². The topological polar surface area (TPSA) is 0 Å². The normalized spacial score (nSPS) is 12.4. The summed E-state index contributed by atoms with van der Waals surface area (Å²) >= 11 is 0. The summed E-state index contributed by atoms with van der Waals surface area (Å²) in [5, 5.41) is 0. The van der Waals surface area contributed by atoms with Gasteiger partial charge in [0, 0.05) is 5.56 Å². The average Bonchev–Trinajstić information content (AvgIpc) is 2.93. The SMILES string of the molecule is CC=CCCc1ccc(CCc2ccc(C=Cc3ccc(C[C@@H](C)c4ccccc4)cc3)c(F)c2)cc1. The van der Waals surface area contributed by atoms with E-state index in [9.17, 15) is 4.39 Å². The first-order chi connectivity index (χ1) is 18.1. The fourth-order valence-electron chi connectivity index (χ4n) is 4.64. The molecule has 0 aliphatic carbocycles. The Morgan fingerprint density at radius 2 is 1.30 bits per heavy atom. The first-order valence-electron chi connectivity index (χ1n) is 13.4. The van der Waals surface area contributed by atoms with Gasteiger partial charge < -0.3 is 0 Å². The molecule has 0 nitrogen and oxygen atoms in total. The Bertz CT molecular complexity index is 1300. The number of rotatable bonds is 11. The molecule has 4 rings (SSSR count). The Kier molecular flexibility index (Phi) is 9.66. The lowest BCUT2D eigenvalue weighted by Crippen LogP contribution is -1.98. The molecule has 1 heteroatoms. The molecule has 37 heavy (non-hydrogen) atoms. The second-order valence-corrected chi connectivity index (χ2v) is 9.87. The van der Waals surface area contributed by atoms with Crippen LogP contribution in [0.25, 0.3) is 12.2 Å². The van der Waals surface area contributed by atoms with Gasteiger partial charge in [-0.25, -0.2) is 4.39 Å². The largest absolute Gasteiger partial charge is 0.206 e. The van der Waals surface area contributed by atoms with E-state index < -0.39 is 0 Å². The fourth-order valence-corrected chi connectivity index (χ4v) is 4.64. The third kappa shape index (κ3) is 8.15. The molecule has 4 aromatic rings. The molecule has 1 atom stereocenters. The van der Waals surface area contributed by atoms with Crippen LogP contribution in [0, 0.1) is 5.82 Å². The molecule has 0 unspecified atom stereocenters. The van der Waals surface area contributed by atoms with Crippen LogP contribution in [0.2, 0.25) is 0 Å². The van der Waals surface area contributed by atoms with Crippen LogP contribution in [0.3, 0.4) is 0 Å². The Balaban J connectivity index is 1.29. The second-order valence-electron chi connectivity index (χ2n) is 9.87. The van der Waals surface area contributed by atoms with Gasteiger partial charge in [-0.05, 0) is 84.4 Å². The van der Waals surface area contributed by atoms with Crippen molar-refractivity contribution >= 4 is 12.2 Å². The molecule has 0 aliphatic rings. The van der Waals surface area contributed by atoms with E-state index in [0.29, 0.717) is 11.5 Å². The molecule has 0 spiro atoms. The van der Waals surface area contributed by atoms with Gasteiger partial charge in [0.25, 0.3) is 0 Å². The van der Waals surface area contributed by atoms with Gasteiger partial charge in [0.1, 0.15) is 5.82 Å². The smallest absolute Gasteiger partial charge is 0.130 e. The van der Waals surface area contributed by atoms with Crippen LogP contribution in [0.5, 0.6) is 0 Å². The summed E-state index contributed by atoms with van der Waals surface area (Å²) in [6, 6.07) is 33.6. The lowest BCUT2D eigenvalue weighted by atomic mass is 9.93. The first kappa shape index (κ1) is 26.4. The molecule has 0 bridgehead atoms. The van der Waals surface area contributed by atoms with Crippen LogP contribution < -0.4 is 0 Å². The molecule has 0 amide bonds. The maximum atomic E-state index is 14.8. The molecule has 0 saturated carbocycles. The summed E-state index contributed by atoms with van der Waals surface area (Å²) < 4.78 is 14.8. The third-order valence-electron chi connectivity index (χ3n) is 6.97. The minimum atomic E-state index is -0.165. The van der Waals surface area contributed by atoms with Gasteiger partial charge in [-0.15, -0.1) is 0 Å². The van der Waals surface area contributed by atoms with Gasteiger partial charge >= 0.3 is 0 Å². The summed E-state index contributed by atoms with van der Waals surface area (Å²) in [7, 11) is 0. The predicted octanol–water partition coefficient (Wildman–Crippen LogP) is 9.64. The second kappa shape index (κ2) is 13.6. The van der Waals surface area contributed by atoms with Crippen molar-refractivity contribution in [2.75, 3.05) is 0 Å². The lowest BCUT2D eigenvalue weighted by Gasteiger charge is -2.12. The summed E-state index contributed by atoms with van der Waals surface area (Å²) in [6.45, 7) is 4.32. The number of hydrogen-bond acceptors (Lipinski definition) is 0. The molecule has 0 aromatic heterocycles. The summed E-state index contributed by atoms with van der Waals surface area (Å²) in [4.78, 5) is 0. The van der Waals surface area contributed by atoms with Crippen LogP contribution in [0.4, 0.5) is 4.39 Å². The zero-order valence-corrected chi connectivity index (χ0v) is 22.0. The van der Waals surface area contributed by atoms with Crippen molar-refractivity contribution in [2.24, 2.45) is 0 Å². The number of aryl methyl sites for hydroxylation is 3. The molecule has 4 aromatic carbocycles. The van der Waals surface area contributed by atoms with Crippen molar-refractivity contribution in [3.05, 3.63) is 154 Å². The van der Waals surface area contributed by atoms with E-state index in [4.69, 9.17) is 0 Å². The van der Waals surface area contributed by atoms with E-state index in [-0.39, 0.29) is 5.82 Å². The van der Waals surface area contributed by atoms with E-state index in [0.717, 1.165) is 43.2 Å². The summed E-state index contributed by atoms with van der Waals surface area (Å²) in [5.74, 6) is 0.309. The van der Waals surface area contributed by atoms with Gasteiger partial charge in [-0.3, -0.25) is 0 Å². The predicted molar refractivity (Wildman–Crippen MR) is 157 cm³/mol. The van der Waals surface area contributed by atoms with Gasteiger partial charge in [-0.1, -0.05) is 122 Å². The number of allylic oxidation sites excluding steroid dienone is 2. The lowest BCUT2D eigenvalue weighted by molar-refractivity contribution is 0.622. The van der Waals surface area contributed by atoms with Crippen molar-refractivity contribution in [1.29, 1.82) is 0 Å². The average molecular weight is 489 g/mol. The molecule has 0 fully saturated rings. The van der Waals surface area contributed by atoms with Crippen LogP contribution >= 0.6 is 0 Å². The van der Waals surface area contributed by atoms with E-state index in [2.05, 4.69) is 105 Å². The van der Waals surface area contributed by atoms with Gasteiger partial charge in [0.05, 0.1) is 0 Å². The molecular formula is C36H37F. The molecule has 0 radical (unpaired) electrons. The zero-order valence-electron chi connectivity index (χ0n) is 22.0. The van der Waals surface area contributed by atoms with Crippen LogP contribution in [0.1, 0.15) is 65.1 Å². The van der Waals surface area contributed by atoms with Crippen molar-refractivity contribution in [2.45, 2.75) is 51.9 Å². The first-order valence-corrected chi connectivity index (χ1v) is 13.4. The van der Waals surface area contributed by atoms with E-state index in [1.165, 1.54) is 22.3 Å². The van der Waals surface area contributed by atoms with Gasteiger partial charge in [-0.2, -0.15) is 0 Å². The highest BCUT2D eigenvalue weighted by Gasteiger charge is 2.06. The highest BCUT2D eigenvalue weighted by Crippen LogP contribution is 2.21. The maximum absolute atomic E-state index is 14.8. The van der Waals surface area contributed by atoms with E-state index in [1.54, 1.807) is 6.07 Å². The van der Waals surface area contributed by atoms with Crippen LogP contribution in [-0.2, 0) is 25.7 Å². The van der Waals surface area contributed by atoms with Crippen molar-refractivity contribution < 1.29 is 4.39 Å². The standard InChI is InChI=1S/C36H37F/c1-3-4-6-9-29-12-14-30(15-13-29)18-21-33-23-25-35(36(37)27-33)24-22-31-16-19-32(20-17-31)26-28(2)34-10-7-5-8-11-34/h3-5,7-8,10-17,19-20,22-25,27-28H,6,9,18,21,26H2,1-2H3/t28-/m1/s1. The molecule has 0 heterocycles. The Hall–Kier alpha value is -3.71. The quantitative estimate of drug-likeness (QED) is 0.146. The van der Waals surface area contributed by atoms with Gasteiger partial charge in [0.15, 0.2) is 0 Å². The van der Waals surface area contributed by atoms with E-state index in [1.807, 2.05) is 24.3 Å². The van der Waals surface area contributed by atoms with Crippen LogP contribution in [0.15, 0.2) is 109 Å². The Labute approximate surface area is 222 Å². The Morgan fingerprint density at radius 3 is 1.97 bits per heavy atom. The monoisotopic (exact) mass is 488 g/mol. The molecule has 0 N–H and O–H groups in total. The molecular weight excluding hydrogens is 451 g/mol. The highest BCUT2D eigenvalue weighted by atomic mass is 19.1. The van der Waals surface area contributed by atoms with Crippen molar-refractivity contribution in [3.63, 3.8) is 0 Å². The van der Waals surface area contributed by atoms with E-state index >= 15 is 0 Å². The maximum Gasteiger partial charge on any atom is 0.130 e. The number of benzene rings is 4. The van der Waals surface area contributed by atoms with Crippen molar-refractivity contribution in [3.8, 4) is 0 Å². The van der Waals surface area contributed by atoms with Crippen LogP contribution in [-0.4, -0.2) is 0 Å². The number of hydrogen-bond donors (Lipinski definition) is 0. The fraction of sp³-hybridized carbons (Fsp3) is 0.222. The molecule has 188 valence electrons. The third-order valence-corrected chi connectivity index (χ3v) is 6.97. The van der Waals surface area contributed by atoms with Gasteiger partial charge in [0.2, 0.25) is 0 Å². The summed E-state index contributed by atoms with van der Waals surface area (Å²) in [5.41, 5.74) is 8.06. The molecule has 0 saturated heterocycles. The minimum Gasteiger partial charge on any atom is -0.206 e. The Morgan fingerprint density at radius 1 is 0.676 bits per heavy atom. The summed E-state index contributed by atoms with van der Waals surface area (Å²) in [6.07, 6.45) is 13.1. The highest BCUT2D eigenvalue weighted by molar-refractivity contribution is 5.70. The zero-order chi connectivity index (χ0) is 25.9. The number of halogens is 1. The molecule has 0 aliphatic heterocycles. The minimum absolute atomic E-state index is 0.165.